The molecule has 5 nitrogen and oxygen atoms in total. The molecular weight excluding hydrogens is 302 g/mol. The lowest BCUT2D eigenvalue weighted by molar-refractivity contribution is 0.0912. The van der Waals surface area contributed by atoms with Crippen molar-refractivity contribution in [1.29, 1.82) is 0 Å². The molecule has 1 saturated heterocycles. The molecule has 134 valence electrons. The fourth-order valence-electron chi connectivity index (χ4n) is 3.09. The second-order valence-corrected chi connectivity index (χ2v) is 6.80. The first-order valence-electron chi connectivity index (χ1n) is 9.25. The summed E-state index contributed by atoms with van der Waals surface area (Å²) in [4.78, 5) is 19.1. The molecule has 1 atom stereocenters. The van der Waals surface area contributed by atoms with Crippen LogP contribution in [0.2, 0.25) is 0 Å². The van der Waals surface area contributed by atoms with E-state index in [1.807, 2.05) is 13.8 Å². The monoisotopic (exact) mass is 333 g/mol. The van der Waals surface area contributed by atoms with Crippen LogP contribution in [0.3, 0.4) is 0 Å². The number of ether oxygens (including phenoxy) is 1. The van der Waals surface area contributed by atoms with Gasteiger partial charge < -0.3 is 10.1 Å². The van der Waals surface area contributed by atoms with Gasteiger partial charge in [0.1, 0.15) is 0 Å². The number of nitrogens with zero attached hydrogens (tertiary/aromatic N) is 2. The van der Waals surface area contributed by atoms with Crippen LogP contribution in [0.15, 0.2) is 18.3 Å². The van der Waals surface area contributed by atoms with Crippen molar-refractivity contribution in [2.24, 2.45) is 0 Å². The summed E-state index contributed by atoms with van der Waals surface area (Å²) in [6, 6.07) is 3.99. The van der Waals surface area contributed by atoms with E-state index in [0.717, 1.165) is 13.1 Å². The van der Waals surface area contributed by atoms with Gasteiger partial charge in [-0.25, -0.2) is 4.98 Å². The van der Waals surface area contributed by atoms with E-state index in [2.05, 4.69) is 22.1 Å². The predicted molar refractivity (Wildman–Crippen MR) is 96.5 cm³/mol. The zero-order valence-corrected chi connectivity index (χ0v) is 15.3. The summed E-state index contributed by atoms with van der Waals surface area (Å²) >= 11 is 0. The smallest absolute Gasteiger partial charge is 0.252 e. The molecule has 1 amide bonds. The topological polar surface area (TPSA) is 54.5 Å². The van der Waals surface area contributed by atoms with Gasteiger partial charge in [-0.15, -0.1) is 0 Å². The van der Waals surface area contributed by atoms with Crippen LogP contribution in [-0.4, -0.2) is 47.6 Å². The fourth-order valence-corrected chi connectivity index (χ4v) is 3.09. The lowest BCUT2D eigenvalue weighted by Crippen LogP contribution is -2.47. The van der Waals surface area contributed by atoms with E-state index in [4.69, 9.17) is 4.74 Å². The number of piperidine rings is 1. The van der Waals surface area contributed by atoms with E-state index in [9.17, 15) is 4.79 Å². The van der Waals surface area contributed by atoms with Gasteiger partial charge in [0.25, 0.3) is 5.91 Å². The molecule has 1 N–H and O–H groups in total. The molecule has 0 spiro atoms. The van der Waals surface area contributed by atoms with E-state index in [-0.39, 0.29) is 12.0 Å². The van der Waals surface area contributed by atoms with Crippen LogP contribution in [0.4, 0.5) is 0 Å². The molecule has 0 aliphatic carbocycles. The Bertz CT molecular complexity index is 502. The van der Waals surface area contributed by atoms with Gasteiger partial charge in [0.2, 0.25) is 5.88 Å². The standard InChI is InChI=1S/C19H31N3O2/c1-4-5-11-22-12-7-6-8-17(22)14-21-19(23)16-9-10-18(20-13-16)24-15(2)3/h9-10,13,15,17H,4-8,11-12,14H2,1-3H3,(H,21,23). The molecule has 0 aromatic carbocycles. The number of amides is 1. The number of hydrogen-bond donors (Lipinski definition) is 1. The first kappa shape index (κ1) is 18.7. The zero-order valence-electron chi connectivity index (χ0n) is 15.3. The maximum atomic E-state index is 12.3. The SMILES string of the molecule is CCCCN1CCCCC1CNC(=O)c1ccc(OC(C)C)nc1. The molecule has 5 heteroatoms. The maximum Gasteiger partial charge on any atom is 0.252 e. The molecule has 24 heavy (non-hydrogen) atoms. The lowest BCUT2D eigenvalue weighted by atomic mass is 10.0. The Morgan fingerprint density at radius 3 is 2.92 bits per heavy atom. The summed E-state index contributed by atoms with van der Waals surface area (Å²) in [5, 5.41) is 3.07. The van der Waals surface area contributed by atoms with E-state index < -0.39 is 0 Å². The molecule has 2 heterocycles. The van der Waals surface area contributed by atoms with Crippen LogP contribution >= 0.6 is 0 Å². The van der Waals surface area contributed by atoms with Crippen LogP contribution in [0.25, 0.3) is 0 Å². The number of nitrogens with one attached hydrogen (secondary N) is 1. The average molecular weight is 333 g/mol. The van der Waals surface area contributed by atoms with Crippen LogP contribution in [0.5, 0.6) is 5.88 Å². The van der Waals surface area contributed by atoms with Crippen LogP contribution in [0.1, 0.15) is 63.2 Å². The molecule has 2 rings (SSSR count). The largest absolute Gasteiger partial charge is 0.475 e. The van der Waals surface area contributed by atoms with Crippen molar-refractivity contribution in [3.63, 3.8) is 0 Å². The highest BCUT2D eigenvalue weighted by Crippen LogP contribution is 2.17. The third kappa shape index (κ3) is 5.78. The minimum Gasteiger partial charge on any atom is -0.475 e. The van der Waals surface area contributed by atoms with Gasteiger partial charge in [0, 0.05) is 24.8 Å². The van der Waals surface area contributed by atoms with Crippen molar-refractivity contribution < 1.29 is 9.53 Å². The van der Waals surface area contributed by atoms with E-state index in [1.165, 1.54) is 32.1 Å². The van der Waals surface area contributed by atoms with Gasteiger partial charge in [-0.3, -0.25) is 9.69 Å². The summed E-state index contributed by atoms with van der Waals surface area (Å²) in [5.74, 6) is 0.499. The lowest BCUT2D eigenvalue weighted by Gasteiger charge is -2.35. The summed E-state index contributed by atoms with van der Waals surface area (Å²) in [5.41, 5.74) is 0.585. The number of rotatable bonds is 8. The summed E-state index contributed by atoms with van der Waals surface area (Å²) in [6.07, 6.45) is 7.81. The van der Waals surface area contributed by atoms with Gasteiger partial charge >= 0.3 is 0 Å². The number of aromatic nitrogens is 1. The number of likely N-dealkylation sites (tertiary alicyclic amines) is 1. The van der Waals surface area contributed by atoms with Gasteiger partial charge in [0.05, 0.1) is 11.7 Å². The van der Waals surface area contributed by atoms with Crippen molar-refractivity contribution in [2.75, 3.05) is 19.6 Å². The summed E-state index contributed by atoms with van der Waals surface area (Å²) < 4.78 is 5.51. The first-order valence-corrected chi connectivity index (χ1v) is 9.25. The number of carbonyl (C=O) groups is 1. The molecule has 0 saturated carbocycles. The molecule has 1 aliphatic rings. The third-order valence-corrected chi connectivity index (χ3v) is 4.40. The second-order valence-electron chi connectivity index (χ2n) is 6.80. The molecule has 0 bridgehead atoms. The van der Waals surface area contributed by atoms with Crippen molar-refractivity contribution in [3.05, 3.63) is 23.9 Å². The van der Waals surface area contributed by atoms with E-state index in [0.29, 0.717) is 24.0 Å². The highest BCUT2D eigenvalue weighted by molar-refractivity contribution is 5.93. The molecular formula is C19H31N3O2. The quantitative estimate of drug-likeness (QED) is 0.793. The highest BCUT2D eigenvalue weighted by atomic mass is 16.5. The van der Waals surface area contributed by atoms with E-state index >= 15 is 0 Å². The molecule has 0 radical (unpaired) electrons. The minimum absolute atomic E-state index is 0.0559. The Morgan fingerprint density at radius 2 is 2.25 bits per heavy atom. The normalized spacial score (nSPS) is 18.6. The number of unbranched alkanes of at least 4 members (excludes halogenated alkanes) is 1. The third-order valence-electron chi connectivity index (χ3n) is 4.40. The number of pyridine rings is 1. The molecule has 1 aliphatic heterocycles. The number of hydrogen-bond acceptors (Lipinski definition) is 4. The van der Waals surface area contributed by atoms with Crippen molar-refractivity contribution in [2.45, 2.75) is 65.0 Å². The summed E-state index contributed by atoms with van der Waals surface area (Å²) in [7, 11) is 0. The Labute approximate surface area is 145 Å². The van der Waals surface area contributed by atoms with Crippen LogP contribution < -0.4 is 10.1 Å². The van der Waals surface area contributed by atoms with Crippen molar-refractivity contribution in [3.8, 4) is 5.88 Å². The van der Waals surface area contributed by atoms with Crippen LogP contribution in [-0.2, 0) is 0 Å². The highest BCUT2D eigenvalue weighted by Gasteiger charge is 2.22. The Kier molecular flexibility index (Phi) is 7.50. The molecule has 1 aromatic heterocycles. The zero-order chi connectivity index (χ0) is 17.4. The van der Waals surface area contributed by atoms with E-state index in [1.54, 1.807) is 18.3 Å². The molecule has 1 unspecified atom stereocenters. The van der Waals surface area contributed by atoms with Gasteiger partial charge in [-0.05, 0) is 52.3 Å². The Balaban J connectivity index is 1.84. The maximum absolute atomic E-state index is 12.3. The van der Waals surface area contributed by atoms with Gasteiger partial charge in [-0.1, -0.05) is 19.8 Å². The molecule has 1 fully saturated rings. The van der Waals surface area contributed by atoms with Crippen LogP contribution in [0, 0.1) is 0 Å². The average Bonchev–Trinajstić information content (AvgIpc) is 2.58. The Morgan fingerprint density at radius 1 is 1.42 bits per heavy atom. The predicted octanol–water partition coefficient (Wildman–Crippen LogP) is 3.25. The fraction of sp³-hybridized carbons (Fsp3) is 0.684. The van der Waals surface area contributed by atoms with Crippen molar-refractivity contribution in [1.82, 2.24) is 15.2 Å². The van der Waals surface area contributed by atoms with Gasteiger partial charge in [-0.2, -0.15) is 0 Å². The first-order chi connectivity index (χ1) is 11.6. The minimum atomic E-state index is -0.0559. The Hall–Kier alpha value is -1.62. The number of carbonyl (C=O) groups excluding carboxylic acids is 1. The second kappa shape index (κ2) is 9.62. The van der Waals surface area contributed by atoms with Crippen molar-refractivity contribution >= 4 is 5.91 Å². The summed E-state index contributed by atoms with van der Waals surface area (Å²) in [6.45, 7) is 9.14. The molecule has 1 aromatic rings. The van der Waals surface area contributed by atoms with Gasteiger partial charge in [0.15, 0.2) is 0 Å².